The lowest BCUT2D eigenvalue weighted by molar-refractivity contribution is -0.137. The van der Waals surface area contributed by atoms with E-state index < -0.39 is 11.7 Å². The molecule has 0 amide bonds. The van der Waals surface area contributed by atoms with E-state index in [0.717, 1.165) is 32.1 Å². The van der Waals surface area contributed by atoms with Gasteiger partial charge in [0.15, 0.2) is 0 Å². The van der Waals surface area contributed by atoms with E-state index in [2.05, 4.69) is 5.32 Å². The van der Waals surface area contributed by atoms with Gasteiger partial charge in [-0.25, -0.2) is 0 Å². The van der Waals surface area contributed by atoms with Gasteiger partial charge in [0.05, 0.1) is 17.2 Å². The fraction of sp³-hybridized carbons (Fsp3) is 0.462. The van der Waals surface area contributed by atoms with Gasteiger partial charge in [0.25, 0.3) is 0 Å². The van der Waals surface area contributed by atoms with E-state index in [1.165, 1.54) is 6.07 Å². The molecule has 19 heavy (non-hydrogen) atoms. The van der Waals surface area contributed by atoms with Gasteiger partial charge in [-0.15, -0.1) is 0 Å². The standard InChI is InChI=1S/C13H14F3N3/c14-13(15,16)12-8-11(3-2-10(12)9-17)19-6-1-4-18-5-7-19/h2-3,8,18H,1,4-7H2. The molecule has 0 saturated carbocycles. The summed E-state index contributed by atoms with van der Waals surface area (Å²) in [6.07, 6.45) is -3.60. The lowest BCUT2D eigenvalue weighted by Crippen LogP contribution is -2.28. The van der Waals surface area contributed by atoms with Crippen molar-refractivity contribution in [2.45, 2.75) is 12.6 Å². The summed E-state index contributed by atoms with van der Waals surface area (Å²) in [5.74, 6) is 0. The van der Waals surface area contributed by atoms with Crippen LogP contribution < -0.4 is 10.2 Å². The zero-order chi connectivity index (χ0) is 13.9. The van der Waals surface area contributed by atoms with Crippen molar-refractivity contribution in [3.05, 3.63) is 29.3 Å². The van der Waals surface area contributed by atoms with E-state index in [1.807, 2.05) is 4.90 Å². The molecule has 0 aromatic heterocycles. The van der Waals surface area contributed by atoms with Crippen LogP contribution in [-0.2, 0) is 6.18 Å². The summed E-state index contributed by atoms with van der Waals surface area (Å²) in [5.41, 5.74) is -0.663. The molecule has 1 saturated heterocycles. The first-order valence-electron chi connectivity index (χ1n) is 6.09. The maximum absolute atomic E-state index is 12.9. The van der Waals surface area contributed by atoms with Crippen LogP contribution in [0.15, 0.2) is 18.2 Å². The third-order valence-electron chi connectivity index (χ3n) is 3.13. The molecular weight excluding hydrogens is 255 g/mol. The summed E-state index contributed by atoms with van der Waals surface area (Å²) in [6, 6.07) is 5.50. The molecule has 0 atom stereocenters. The first-order valence-corrected chi connectivity index (χ1v) is 6.09. The van der Waals surface area contributed by atoms with Gasteiger partial charge in [-0.3, -0.25) is 0 Å². The minimum absolute atomic E-state index is 0.329. The zero-order valence-corrected chi connectivity index (χ0v) is 10.3. The number of nitrogens with zero attached hydrogens (tertiary/aromatic N) is 2. The van der Waals surface area contributed by atoms with Crippen molar-refractivity contribution in [1.82, 2.24) is 5.32 Å². The van der Waals surface area contributed by atoms with E-state index in [-0.39, 0.29) is 5.56 Å². The van der Waals surface area contributed by atoms with Crippen LogP contribution in [0.2, 0.25) is 0 Å². The molecule has 0 aliphatic carbocycles. The van der Waals surface area contributed by atoms with E-state index in [1.54, 1.807) is 12.1 Å². The van der Waals surface area contributed by atoms with Crippen LogP contribution in [0.3, 0.4) is 0 Å². The first-order chi connectivity index (χ1) is 9.02. The van der Waals surface area contributed by atoms with Crippen molar-refractivity contribution in [3.8, 4) is 6.07 Å². The Balaban J connectivity index is 2.35. The van der Waals surface area contributed by atoms with E-state index in [4.69, 9.17) is 5.26 Å². The third-order valence-corrected chi connectivity index (χ3v) is 3.13. The molecule has 1 heterocycles. The van der Waals surface area contributed by atoms with Crippen LogP contribution in [-0.4, -0.2) is 26.2 Å². The van der Waals surface area contributed by atoms with Crippen molar-refractivity contribution in [2.24, 2.45) is 0 Å². The van der Waals surface area contributed by atoms with Crippen molar-refractivity contribution in [2.75, 3.05) is 31.1 Å². The Morgan fingerprint density at radius 2 is 2.00 bits per heavy atom. The van der Waals surface area contributed by atoms with Crippen LogP contribution in [0, 0.1) is 11.3 Å². The highest BCUT2D eigenvalue weighted by Crippen LogP contribution is 2.34. The lowest BCUT2D eigenvalue weighted by atomic mass is 10.1. The smallest absolute Gasteiger partial charge is 0.370 e. The minimum atomic E-state index is -4.49. The number of alkyl halides is 3. The number of nitrogens with one attached hydrogen (secondary N) is 1. The molecule has 0 spiro atoms. The summed E-state index contributed by atoms with van der Waals surface area (Å²) in [7, 11) is 0. The van der Waals surface area contributed by atoms with Crippen molar-refractivity contribution in [3.63, 3.8) is 0 Å². The lowest BCUT2D eigenvalue weighted by Gasteiger charge is -2.23. The highest BCUT2D eigenvalue weighted by atomic mass is 19.4. The Labute approximate surface area is 109 Å². The minimum Gasteiger partial charge on any atom is -0.370 e. The summed E-state index contributed by atoms with van der Waals surface area (Å²) >= 11 is 0. The Morgan fingerprint density at radius 1 is 1.21 bits per heavy atom. The monoisotopic (exact) mass is 269 g/mol. The Morgan fingerprint density at radius 3 is 2.68 bits per heavy atom. The number of nitriles is 1. The number of halogens is 3. The van der Waals surface area contributed by atoms with Gasteiger partial charge in [0.2, 0.25) is 0 Å². The molecule has 1 aliphatic heterocycles. The highest BCUT2D eigenvalue weighted by molar-refractivity contribution is 5.55. The molecule has 1 aliphatic rings. The van der Waals surface area contributed by atoms with Crippen molar-refractivity contribution < 1.29 is 13.2 Å². The largest absolute Gasteiger partial charge is 0.417 e. The molecule has 0 unspecified atom stereocenters. The van der Waals surface area contributed by atoms with E-state index in [0.29, 0.717) is 12.2 Å². The second-order valence-corrected chi connectivity index (χ2v) is 4.43. The summed E-state index contributed by atoms with van der Waals surface area (Å²) in [5, 5.41) is 12.0. The maximum atomic E-state index is 12.9. The molecule has 1 fully saturated rings. The molecule has 0 bridgehead atoms. The number of hydrogen-bond donors (Lipinski definition) is 1. The predicted octanol–water partition coefficient (Wildman–Crippen LogP) is 2.38. The molecule has 2 rings (SSSR count). The highest BCUT2D eigenvalue weighted by Gasteiger charge is 2.34. The molecule has 1 aromatic rings. The Bertz CT molecular complexity index is 483. The number of rotatable bonds is 1. The number of hydrogen-bond acceptors (Lipinski definition) is 3. The number of benzene rings is 1. The zero-order valence-electron chi connectivity index (χ0n) is 10.3. The first kappa shape index (κ1) is 13.7. The fourth-order valence-electron chi connectivity index (χ4n) is 2.16. The van der Waals surface area contributed by atoms with Crippen LogP contribution in [0.5, 0.6) is 0 Å². The topological polar surface area (TPSA) is 39.1 Å². The maximum Gasteiger partial charge on any atom is 0.417 e. The average molecular weight is 269 g/mol. The molecule has 1 aromatic carbocycles. The van der Waals surface area contributed by atoms with Gasteiger partial charge < -0.3 is 10.2 Å². The van der Waals surface area contributed by atoms with Crippen LogP contribution >= 0.6 is 0 Å². The summed E-state index contributed by atoms with van der Waals surface area (Å²) < 4.78 is 38.6. The molecule has 6 heteroatoms. The van der Waals surface area contributed by atoms with Crippen molar-refractivity contribution in [1.29, 1.82) is 5.26 Å². The summed E-state index contributed by atoms with van der Waals surface area (Å²) in [4.78, 5) is 1.91. The van der Waals surface area contributed by atoms with Crippen LogP contribution in [0.1, 0.15) is 17.5 Å². The van der Waals surface area contributed by atoms with Gasteiger partial charge in [-0.1, -0.05) is 0 Å². The van der Waals surface area contributed by atoms with Crippen molar-refractivity contribution >= 4 is 5.69 Å². The Kier molecular flexibility index (Phi) is 3.96. The summed E-state index contributed by atoms with van der Waals surface area (Å²) in [6.45, 7) is 3.01. The quantitative estimate of drug-likeness (QED) is 0.850. The normalized spacial score (nSPS) is 16.8. The van der Waals surface area contributed by atoms with Crippen LogP contribution in [0.4, 0.5) is 18.9 Å². The van der Waals surface area contributed by atoms with Gasteiger partial charge in [-0.05, 0) is 31.2 Å². The van der Waals surface area contributed by atoms with Crippen LogP contribution in [0.25, 0.3) is 0 Å². The number of anilines is 1. The molecular formula is C13H14F3N3. The van der Waals surface area contributed by atoms with E-state index in [9.17, 15) is 13.2 Å². The van der Waals surface area contributed by atoms with Gasteiger partial charge in [0.1, 0.15) is 0 Å². The molecule has 3 nitrogen and oxygen atoms in total. The van der Waals surface area contributed by atoms with Gasteiger partial charge in [0, 0.05) is 25.3 Å². The molecule has 1 N–H and O–H groups in total. The van der Waals surface area contributed by atoms with Gasteiger partial charge >= 0.3 is 6.18 Å². The van der Waals surface area contributed by atoms with Gasteiger partial charge in [-0.2, -0.15) is 18.4 Å². The molecule has 102 valence electrons. The second-order valence-electron chi connectivity index (χ2n) is 4.43. The Hall–Kier alpha value is -1.74. The SMILES string of the molecule is N#Cc1ccc(N2CCCNCC2)cc1C(F)(F)F. The third kappa shape index (κ3) is 3.18. The fourth-order valence-corrected chi connectivity index (χ4v) is 2.16. The molecule has 0 radical (unpaired) electrons. The average Bonchev–Trinajstić information content (AvgIpc) is 2.66. The second kappa shape index (κ2) is 5.49. The van der Waals surface area contributed by atoms with E-state index >= 15 is 0 Å². The predicted molar refractivity (Wildman–Crippen MR) is 65.9 cm³/mol.